The van der Waals surface area contributed by atoms with Crippen LogP contribution in [0.3, 0.4) is 0 Å². The van der Waals surface area contributed by atoms with Gasteiger partial charge in [-0.15, -0.1) is 0 Å². The van der Waals surface area contributed by atoms with Gasteiger partial charge in [-0.25, -0.2) is 4.21 Å². The van der Waals surface area contributed by atoms with Gasteiger partial charge in [0.2, 0.25) is 0 Å². The lowest BCUT2D eigenvalue weighted by Crippen LogP contribution is -1.78. The molecule has 0 aliphatic rings. The molecule has 1 rings (SSSR count). The Morgan fingerprint density at radius 3 is 2.40 bits per heavy atom. The number of hydrogen-bond donors (Lipinski definition) is 0. The van der Waals surface area contributed by atoms with Gasteiger partial charge in [-0.3, -0.25) is 0 Å². The fourth-order valence-corrected chi connectivity index (χ4v) is 1.16. The van der Waals surface area contributed by atoms with Crippen LogP contribution in [0.5, 0.6) is 0 Å². The highest BCUT2D eigenvalue weighted by Gasteiger charge is 1.86. The van der Waals surface area contributed by atoms with Crippen molar-refractivity contribution in [2.45, 2.75) is 0 Å². The summed E-state index contributed by atoms with van der Waals surface area (Å²) in [5.41, 5.74) is 0.848. The molecule has 0 spiro atoms. The van der Waals surface area contributed by atoms with E-state index in [9.17, 15) is 4.21 Å². The van der Waals surface area contributed by atoms with Crippen LogP contribution < -0.4 is 0 Å². The van der Waals surface area contributed by atoms with Crippen LogP contribution in [0.15, 0.2) is 24.3 Å². The van der Waals surface area contributed by atoms with Gasteiger partial charge in [-0.1, -0.05) is 12.1 Å². The molecule has 0 bridgehead atoms. The Labute approximate surface area is 76.7 Å². The zero-order valence-corrected chi connectivity index (χ0v) is 7.98. The van der Waals surface area contributed by atoms with Gasteiger partial charge in [0.15, 0.2) is 0 Å². The minimum atomic E-state index is 0.358. The standard InChI is InChI=1S/C7H4IOS/c8-7-3-1-6(2-4-7)5-10-9/h1-4H. The van der Waals surface area contributed by atoms with Gasteiger partial charge in [0.05, 0.1) is 16.6 Å². The number of halogens is 1. The smallest absolute Gasteiger partial charge is 0.0988 e. The third-order valence-electron chi connectivity index (χ3n) is 1.00. The number of rotatable bonds is 1. The molecule has 51 valence electrons. The average molecular weight is 263 g/mol. The van der Waals surface area contributed by atoms with E-state index in [0.717, 1.165) is 5.56 Å². The van der Waals surface area contributed by atoms with Gasteiger partial charge >= 0.3 is 0 Å². The first-order valence-corrected chi connectivity index (χ1v) is 4.45. The summed E-state index contributed by atoms with van der Waals surface area (Å²) in [6.45, 7) is 0. The molecule has 3 heteroatoms. The molecule has 0 heterocycles. The lowest BCUT2D eigenvalue weighted by atomic mass is 10.2. The number of hydrogen-bond acceptors (Lipinski definition) is 1. The highest BCUT2D eigenvalue weighted by molar-refractivity contribution is 14.1. The third kappa shape index (κ3) is 2.22. The number of benzene rings is 1. The summed E-state index contributed by atoms with van der Waals surface area (Å²) in [5.74, 6) is 0. The van der Waals surface area contributed by atoms with Crippen LogP contribution in [0.1, 0.15) is 5.56 Å². The molecule has 0 saturated heterocycles. The average Bonchev–Trinajstić information content (AvgIpc) is 1.95. The molecule has 10 heavy (non-hydrogen) atoms. The van der Waals surface area contributed by atoms with Crippen molar-refractivity contribution in [3.63, 3.8) is 0 Å². The molecule has 1 aromatic rings. The molecule has 0 amide bonds. The summed E-state index contributed by atoms with van der Waals surface area (Å²) in [7, 11) is 0. The Morgan fingerprint density at radius 1 is 1.30 bits per heavy atom. The van der Waals surface area contributed by atoms with Gasteiger partial charge in [0, 0.05) is 3.57 Å². The molecule has 0 unspecified atom stereocenters. The first-order chi connectivity index (χ1) is 4.83. The molecular formula is C7H4IOS. The lowest BCUT2D eigenvalue weighted by molar-refractivity contribution is 0.701. The van der Waals surface area contributed by atoms with Crippen molar-refractivity contribution >= 4 is 39.2 Å². The first kappa shape index (κ1) is 7.94. The summed E-state index contributed by atoms with van der Waals surface area (Å²) in [4.78, 5) is 0. The van der Waals surface area contributed by atoms with E-state index < -0.39 is 0 Å². The van der Waals surface area contributed by atoms with Gasteiger partial charge in [0.1, 0.15) is 0 Å². The predicted octanol–water partition coefficient (Wildman–Crippen LogP) is 1.53. The molecule has 0 aliphatic heterocycles. The largest absolute Gasteiger partial charge is 0.212 e. The maximum atomic E-state index is 9.99. The van der Waals surface area contributed by atoms with Crippen molar-refractivity contribution in [3.05, 3.63) is 33.4 Å². The minimum absolute atomic E-state index is 0.358. The molecular weight excluding hydrogens is 259 g/mol. The SMILES string of the molecule is O=S=[C]c1ccc(I)cc1. The van der Waals surface area contributed by atoms with Crippen LogP contribution in [-0.4, -0.2) is 9.58 Å². The van der Waals surface area contributed by atoms with Gasteiger partial charge in [-0.2, -0.15) is 0 Å². The van der Waals surface area contributed by atoms with Crippen molar-refractivity contribution in [2.75, 3.05) is 0 Å². The van der Waals surface area contributed by atoms with E-state index in [2.05, 4.69) is 28.0 Å². The molecule has 0 aliphatic carbocycles. The van der Waals surface area contributed by atoms with Crippen molar-refractivity contribution in [1.29, 1.82) is 0 Å². The van der Waals surface area contributed by atoms with E-state index >= 15 is 0 Å². The Balaban J connectivity index is 3.00. The van der Waals surface area contributed by atoms with Gasteiger partial charge in [0.25, 0.3) is 0 Å². The van der Waals surface area contributed by atoms with Crippen molar-refractivity contribution in [1.82, 2.24) is 0 Å². The van der Waals surface area contributed by atoms with Crippen LogP contribution in [0.25, 0.3) is 0 Å². The Bertz CT molecular complexity index is 261. The molecule has 0 saturated carbocycles. The maximum absolute atomic E-state index is 9.99. The zero-order valence-electron chi connectivity index (χ0n) is 5.00. The summed E-state index contributed by atoms with van der Waals surface area (Å²) in [6.07, 6.45) is 0. The first-order valence-electron chi connectivity index (χ1n) is 2.63. The fourth-order valence-electron chi connectivity index (χ4n) is 0.566. The highest BCUT2D eigenvalue weighted by Crippen LogP contribution is 2.04. The third-order valence-corrected chi connectivity index (χ3v) is 2.04. The van der Waals surface area contributed by atoms with Crippen molar-refractivity contribution < 1.29 is 4.21 Å². The maximum Gasteiger partial charge on any atom is 0.0988 e. The van der Waals surface area contributed by atoms with E-state index in [1.165, 1.54) is 3.57 Å². The summed E-state index contributed by atoms with van der Waals surface area (Å²) >= 11 is 2.57. The lowest BCUT2D eigenvalue weighted by Gasteiger charge is -1.88. The van der Waals surface area contributed by atoms with Crippen LogP contribution in [0.2, 0.25) is 0 Å². The summed E-state index contributed by atoms with van der Waals surface area (Å²) in [6, 6.07) is 7.62. The zero-order chi connectivity index (χ0) is 7.40. The minimum Gasteiger partial charge on any atom is -0.212 e. The van der Waals surface area contributed by atoms with Crippen molar-refractivity contribution in [3.8, 4) is 0 Å². The molecule has 1 aromatic carbocycles. The Hall–Kier alpha value is -0.160. The molecule has 1 nitrogen and oxygen atoms in total. The second kappa shape index (κ2) is 3.88. The summed E-state index contributed by atoms with van der Waals surface area (Å²) < 4.78 is 11.2. The predicted molar refractivity (Wildman–Crippen MR) is 51.4 cm³/mol. The van der Waals surface area contributed by atoms with Crippen LogP contribution in [0, 0.1) is 3.57 Å². The quantitative estimate of drug-likeness (QED) is 0.554. The second-order valence-electron chi connectivity index (χ2n) is 1.69. The van der Waals surface area contributed by atoms with E-state index in [0.29, 0.717) is 11.3 Å². The fraction of sp³-hybridized carbons (Fsp3) is 0. The van der Waals surface area contributed by atoms with E-state index in [-0.39, 0.29) is 0 Å². The van der Waals surface area contributed by atoms with E-state index in [4.69, 9.17) is 0 Å². The monoisotopic (exact) mass is 263 g/mol. The Kier molecular flexibility index (Phi) is 3.08. The van der Waals surface area contributed by atoms with Crippen molar-refractivity contribution in [2.24, 2.45) is 0 Å². The molecule has 0 atom stereocenters. The van der Waals surface area contributed by atoms with Crippen LogP contribution in [0.4, 0.5) is 0 Å². The molecule has 0 N–H and O–H groups in total. The summed E-state index contributed by atoms with van der Waals surface area (Å²) in [5, 5.41) is 2.59. The molecule has 1 radical (unpaired) electrons. The van der Waals surface area contributed by atoms with E-state index in [1.54, 1.807) is 0 Å². The topological polar surface area (TPSA) is 17.1 Å². The van der Waals surface area contributed by atoms with Crippen LogP contribution >= 0.6 is 22.6 Å². The molecule has 0 fully saturated rings. The van der Waals surface area contributed by atoms with Crippen LogP contribution in [-0.2, 0) is 11.3 Å². The molecule has 0 aromatic heterocycles. The second-order valence-corrected chi connectivity index (χ2v) is 3.31. The Morgan fingerprint density at radius 2 is 1.90 bits per heavy atom. The van der Waals surface area contributed by atoms with E-state index in [1.807, 2.05) is 24.3 Å². The normalized spacial score (nSPS) is 8.90. The van der Waals surface area contributed by atoms with Gasteiger partial charge < -0.3 is 0 Å². The highest BCUT2D eigenvalue weighted by atomic mass is 127. The van der Waals surface area contributed by atoms with Gasteiger partial charge in [-0.05, 0) is 40.3 Å².